The third-order valence-corrected chi connectivity index (χ3v) is 4.41. The molecule has 0 aromatic heterocycles. The first-order chi connectivity index (χ1) is 8.55. The van der Waals surface area contributed by atoms with Crippen LogP contribution in [0.5, 0.6) is 0 Å². The van der Waals surface area contributed by atoms with E-state index in [0.29, 0.717) is 25.0 Å². The Balaban J connectivity index is 1.85. The summed E-state index contributed by atoms with van der Waals surface area (Å²) in [5.41, 5.74) is 0. The Hall–Kier alpha value is -0.160. The van der Waals surface area contributed by atoms with Crippen LogP contribution in [0, 0.1) is 5.92 Å². The smallest absolute Gasteiger partial charge is 0.168 e. The molecule has 2 unspecified atom stereocenters. The quantitative estimate of drug-likeness (QED) is 0.831. The van der Waals surface area contributed by atoms with Crippen molar-refractivity contribution in [3.8, 4) is 0 Å². The number of piperidine rings is 1. The van der Waals surface area contributed by atoms with Crippen molar-refractivity contribution in [1.29, 1.82) is 0 Å². The van der Waals surface area contributed by atoms with E-state index >= 15 is 0 Å². The summed E-state index contributed by atoms with van der Waals surface area (Å²) >= 11 is 0. The first kappa shape index (κ1) is 14.3. The average molecular weight is 257 g/mol. The van der Waals surface area contributed by atoms with Crippen LogP contribution in [0.25, 0.3) is 0 Å². The molecule has 0 aromatic carbocycles. The Bertz CT molecular complexity index is 264. The maximum Gasteiger partial charge on any atom is 0.168 e. The summed E-state index contributed by atoms with van der Waals surface area (Å²) in [6.07, 6.45) is 3.03. The Morgan fingerprint density at radius 2 is 2.00 bits per heavy atom. The van der Waals surface area contributed by atoms with Gasteiger partial charge >= 0.3 is 0 Å². The van der Waals surface area contributed by atoms with Gasteiger partial charge in [0.2, 0.25) is 0 Å². The topological polar surface area (TPSA) is 41.9 Å². The summed E-state index contributed by atoms with van der Waals surface area (Å²) in [7, 11) is 0. The standard InChI is InChI=1S/C14H27NO3/c1-11(2)15-7-4-12(5-8-15)14(3)17-10-13(18-14)6-9-16/h11-13,16H,4-10H2,1-3H3. The molecule has 2 fully saturated rings. The van der Waals surface area contributed by atoms with E-state index in [0.717, 1.165) is 25.9 Å². The van der Waals surface area contributed by atoms with Crippen LogP contribution in [0.4, 0.5) is 0 Å². The largest absolute Gasteiger partial charge is 0.396 e. The number of aliphatic hydroxyl groups excluding tert-OH is 1. The summed E-state index contributed by atoms with van der Waals surface area (Å²) in [6, 6.07) is 0.631. The molecule has 1 N–H and O–H groups in total. The number of rotatable bonds is 4. The van der Waals surface area contributed by atoms with Crippen LogP contribution < -0.4 is 0 Å². The third kappa shape index (κ3) is 3.05. The highest BCUT2D eigenvalue weighted by atomic mass is 16.7. The lowest BCUT2D eigenvalue weighted by Gasteiger charge is -2.40. The number of aliphatic hydroxyl groups is 1. The van der Waals surface area contributed by atoms with Crippen molar-refractivity contribution >= 4 is 0 Å². The van der Waals surface area contributed by atoms with E-state index in [-0.39, 0.29) is 12.7 Å². The van der Waals surface area contributed by atoms with Crippen LogP contribution in [0.15, 0.2) is 0 Å². The van der Waals surface area contributed by atoms with E-state index in [1.54, 1.807) is 0 Å². The summed E-state index contributed by atoms with van der Waals surface area (Å²) in [4.78, 5) is 2.51. The Morgan fingerprint density at radius 1 is 1.33 bits per heavy atom. The van der Waals surface area contributed by atoms with Gasteiger partial charge in [-0.2, -0.15) is 0 Å². The van der Waals surface area contributed by atoms with Crippen LogP contribution >= 0.6 is 0 Å². The second-order valence-electron chi connectivity index (χ2n) is 5.98. The zero-order valence-corrected chi connectivity index (χ0v) is 11.9. The highest BCUT2D eigenvalue weighted by Gasteiger charge is 2.44. The van der Waals surface area contributed by atoms with Gasteiger partial charge in [-0.3, -0.25) is 0 Å². The zero-order chi connectivity index (χ0) is 13.2. The maximum absolute atomic E-state index is 8.96. The van der Waals surface area contributed by atoms with Crippen LogP contribution in [-0.2, 0) is 9.47 Å². The minimum Gasteiger partial charge on any atom is -0.396 e. The van der Waals surface area contributed by atoms with Gasteiger partial charge in [-0.25, -0.2) is 0 Å². The lowest BCUT2D eigenvalue weighted by atomic mass is 9.89. The van der Waals surface area contributed by atoms with E-state index in [2.05, 4.69) is 25.7 Å². The van der Waals surface area contributed by atoms with Crippen LogP contribution in [0.3, 0.4) is 0 Å². The summed E-state index contributed by atoms with van der Waals surface area (Å²) < 4.78 is 11.9. The predicted octanol–water partition coefficient (Wildman–Crippen LogP) is 1.62. The minimum atomic E-state index is -0.428. The van der Waals surface area contributed by atoms with Crippen molar-refractivity contribution in [3.63, 3.8) is 0 Å². The van der Waals surface area contributed by atoms with E-state index in [1.165, 1.54) is 0 Å². The van der Waals surface area contributed by atoms with Crippen molar-refractivity contribution in [2.75, 3.05) is 26.3 Å². The Kier molecular flexibility index (Phi) is 4.64. The molecule has 2 saturated heterocycles. The monoisotopic (exact) mass is 257 g/mol. The number of hydrogen-bond acceptors (Lipinski definition) is 4. The fourth-order valence-corrected chi connectivity index (χ4v) is 3.10. The summed E-state index contributed by atoms with van der Waals surface area (Å²) in [5, 5.41) is 8.96. The molecule has 4 nitrogen and oxygen atoms in total. The second-order valence-corrected chi connectivity index (χ2v) is 5.98. The number of ether oxygens (including phenoxy) is 2. The van der Waals surface area contributed by atoms with E-state index in [1.807, 2.05) is 0 Å². The molecule has 18 heavy (non-hydrogen) atoms. The molecule has 0 aromatic rings. The Morgan fingerprint density at radius 3 is 2.56 bits per heavy atom. The Labute approximate surface area is 110 Å². The van der Waals surface area contributed by atoms with Gasteiger partial charge in [-0.1, -0.05) is 0 Å². The van der Waals surface area contributed by atoms with Gasteiger partial charge in [0.1, 0.15) is 0 Å². The van der Waals surface area contributed by atoms with Crippen molar-refractivity contribution in [2.45, 2.75) is 58.0 Å². The van der Waals surface area contributed by atoms with Crippen molar-refractivity contribution in [2.24, 2.45) is 5.92 Å². The van der Waals surface area contributed by atoms with Gasteiger partial charge in [0, 0.05) is 18.6 Å². The number of hydrogen-bond donors (Lipinski definition) is 1. The van der Waals surface area contributed by atoms with Crippen molar-refractivity contribution in [3.05, 3.63) is 0 Å². The van der Waals surface area contributed by atoms with Gasteiger partial charge < -0.3 is 19.5 Å². The molecule has 0 aliphatic carbocycles. The van der Waals surface area contributed by atoms with Gasteiger partial charge in [0.25, 0.3) is 0 Å². The molecule has 0 spiro atoms. The van der Waals surface area contributed by atoms with Crippen LogP contribution in [0.2, 0.25) is 0 Å². The van der Waals surface area contributed by atoms with Gasteiger partial charge in [0.05, 0.1) is 12.7 Å². The first-order valence-corrected chi connectivity index (χ1v) is 7.22. The lowest BCUT2D eigenvalue weighted by Crippen LogP contribution is -2.46. The molecule has 0 bridgehead atoms. The molecule has 0 saturated carbocycles. The fourth-order valence-electron chi connectivity index (χ4n) is 3.10. The third-order valence-electron chi connectivity index (χ3n) is 4.41. The number of likely N-dealkylation sites (tertiary alicyclic amines) is 1. The summed E-state index contributed by atoms with van der Waals surface area (Å²) in [5.74, 6) is 0.0549. The van der Waals surface area contributed by atoms with Crippen molar-refractivity contribution in [1.82, 2.24) is 4.90 Å². The maximum atomic E-state index is 8.96. The first-order valence-electron chi connectivity index (χ1n) is 7.22. The van der Waals surface area contributed by atoms with Gasteiger partial charge in [-0.15, -0.1) is 0 Å². The normalized spacial score (nSPS) is 35.5. The van der Waals surface area contributed by atoms with Crippen LogP contribution in [0.1, 0.15) is 40.0 Å². The molecule has 2 atom stereocenters. The molecule has 4 heteroatoms. The minimum absolute atomic E-state index is 0.0723. The van der Waals surface area contributed by atoms with E-state index < -0.39 is 5.79 Å². The molecule has 0 radical (unpaired) electrons. The molecular weight excluding hydrogens is 230 g/mol. The second kappa shape index (κ2) is 5.87. The van der Waals surface area contributed by atoms with Crippen molar-refractivity contribution < 1.29 is 14.6 Å². The van der Waals surface area contributed by atoms with Gasteiger partial charge in [-0.05, 0) is 53.1 Å². The molecule has 106 valence electrons. The highest BCUT2D eigenvalue weighted by molar-refractivity contribution is 4.86. The lowest BCUT2D eigenvalue weighted by molar-refractivity contribution is -0.201. The molecular formula is C14H27NO3. The average Bonchev–Trinajstić information content (AvgIpc) is 2.73. The molecule has 2 aliphatic heterocycles. The molecule has 2 aliphatic rings. The zero-order valence-electron chi connectivity index (χ0n) is 11.9. The fraction of sp³-hybridized carbons (Fsp3) is 1.00. The molecule has 2 rings (SSSR count). The van der Waals surface area contributed by atoms with Crippen LogP contribution in [-0.4, -0.2) is 54.2 Å². The number of nitrogens with zero attached hydrogens (tertiary/aromatic N) is 1. The SMILES string of the molecule is CC(C)N1CCC(C2(C)OCC(CCO)O2)CC1. The summed E-state index contributed by atoms with van der Waals surface area (Å²) in [6.45, 7) is 9.64. The molecule has 2 heterocycles. The molecule has 0 amide bonds. The highest BCUT2D eigenvalue weighted by Crippen LogP contribution is 2.37. The predicted molar refractivity (Wildman–Crippen MR) is 70.4 cm³/mol. The van der Waals surface area contributed by atoms with E-state index in [9.17, 15) is 0 Å². The van der Waals surface area contributed by atoms with E-state index in [4.69, 9.17) is 14.6 Å². The van der Waals surface area contributed by atoms with Gasteiger partial charge in [0.15, 0.2) is 5.79 Å².